The van der Waals surface area contributed by atoms with Crippen molar-refractivity contribution in [2.24, 2.45) is 7.05 Å². The van der Waals surface area contributed by atoms with E-state index >= 15 is 0 Å². The van der Waals surface area contributed by atoms with E-state index in [0.29, 0.717) is 32.8 Å². The minimum absolute atomic E-state index is 0.208. The van der Waals surface area contributed by atoms with E-state index in [-0.39, 0.29) is 5.56 Å². The van der Waals surface area contributed by atoms with Gasteiger partial charge >= 0.3 is 0 Å². The van der Waals surface area contributed by atoms with Crippen LogP contribution in [-0.2, 0) is 7.05 Å². The van der Waals surface area contributed by atoms with Crippen LogP contribution in [0.5, 0.6) is 0 Å². The number of benzene rings is 1. The van der Waals surface area contributed by atoms with E-state index in [1.807, 2.05) is 0 Å². The molecular weight excluding hydrogens is 359 g/mol. The number of aromatic nitrogens is 3. The molecule has 7 heteroatoms. The van der Waals surface area contributed by atoms with Gasteiger partial charge in [0.05, 0.1) is 15.6 Å². The molecule has 3 aromatic rings. The molecule has 0 radical (unpaired) electrons. The van der Waals surface area contributed by atoms with Gasteiger partial charge in [-0.25, -0.2) is 4.98 Å². The van der Waals surface area contributed by atoms with Crippen molar-refractivity contribution >= 4 is 40.2 Å². The zero-order valence-corrected chi connectivity index (χ0v) is 15.5. The Morgan fingerprint density at radius 1 is 1.24 bits per heavy atom. The normalized spacial score (nSPS) is 11.0. The zero-order valence-electron chi connectivity index (χ0n) is 14.0. The van der Waals surface area contributed by atoms with Crippen LogP contribution in [0.3, 0.4) is 0 Å². The van der Waals surface area contributed by atoms with Gasteiger partial charge < -0.3 is 5.32 Å². The summed E-state index contributed by atoms with van der Waals surface area (Å²) in [6.45, 7) is 2.91. The summed E-state index contributed by atoms with van der Waals surface area (Å²) in [5, 5.41) is 4.78. The minimum Gasteiger partial charge on any atom is -0.354 e. The summed E-state index contributed by atoms with van der Waals surface area (Å²) in [6, 6.07) is 6.91. The van der Waals surface area contributed by atoms with Crippen molar-refractivity contribution in [1.82, 2.24) is 14.5 Å². The van der Waals surface area contributed by atoms with Crippen LogP contribution in [0.15, 0.2) is 35.3 Å². The van der Waals surface area contributed by atoms with E-state index in [0.717, 1.165) is 24.8 Å². The van der Waals surface area contributed by atoms with Crippen molar-refractivity contribution in [3.63, 3.8) is 0 Å². The molecule has 3 rings (SSSR count). The second-order valence-corrected chi connectivity index (χ2v) is 6.59. The Bertz CT molecular complexity index is 964. The maximum atomic E-state index is 12.8. The molecule has 25 heavy (non-hydrogen) atoms. The number of unbranched alkanes of at least 4 members (excludes halogenated alkanes) is 1. The maximum Gasteiger partial charge on any atom is 0.259 e. The largest absolute Gasteiger partial charge is 0.354 e. The minimum atomic E-state index is -0.208. The Kier molecular flexibility index (Phi) is 5.25. The SMILES string of the molecule is CCCCNc1ncc2cc(-c3c(Cl)cccc3Cl)c(=O)n(C)c2n1. The fraction of sp³-hybridized carbons (Fsp3) is 0.278. The van der Waals surface area contributed by atoms with E-state index < -0.39 is 0 Å². The molecule has 0 saturated carbocycles. The highest BCUT2D eigenvalue weighted by Gasteiger charge is 2.16. The van der Waals surface area contributed by atoms with Crippen molar-refractivity contribution in [1.29, 1.82) is 0 Å². The lowest BCUT2D eigenvalue weighted by Crippen LogP contribution is -2.20. The molecule has 2 aromatic heterocycles. The summed E-state index contributed by atoms with van der Waals surface area (Å²) in [6.07, 6.45) is 3.82. The molecule has 0 spiro atoms. The van der Waals surface area contributed by atoms with E-state index in [1.165, 1.54) is 4.57 Å². The summed E-state index contributed by atoms with van der Waals surface area (Å²) in [5.41, 5.74) is 1.31. The van der Waals surface area contributed by atoms with E-state index in [4.69, 9.17) is 23.2 Å². The van der Waals surface area contributed by atoms with Crippen LogP contribution in [0.1, 0.15) is 19.8 Å². The standard InChI is InChI=1S/C18H18Cl2N4O/c1-3-4-8-21-18-22-10-11-9-12(17(25)24(2)16(11)23-18)15-13(19)6-5-7-14(15)20/h5-7,9-10H,3-4,8H2,1-2H3,(H,21,22,23). The van der Waals surface area contributed by atoms with Crippen LogP contribution in [0.4, 0.5) is 5.95 Å². The number of nitrogens with zero attached hydrogens (tertiary/aromatic N) is 3. The first-order valence-corrected chi connectivity index (χ1v) is 8.83. The average molecular weight is 377 g/mol. The number of fused-ring (bicyclic) bond motifs is 1. The van der Waals surface area contributed by atoms with Crippen LogP contribution in [-0.4, -0.2) is 21.1 Å². The molecule has 1 N–H and O–H groups in total. The van der Waals surface area contributed by atoms with Crippen molar-refractivity contribution in [3.05, 3.63) is 50.9 Å². The number of hydrogen-bond acceptors (Lipinski definition) is 4. The van der Waals surface area contributed by atoms with Crippen molar-refractivity contribution in [2.45, 2.75) is 19.8 Å². The third-order valence-electron chi connectivity index (χ3n) is 3.99. The lowest BCUT2D eigenvalue weighted by molar-refractivity contribution is 0.824. The second-order valence-electron chi connectivity index (χ2n) is 5.77. The number of anilines is 1. The highest BCUT2D eigenvalue weighted by molar-refractivity contribution is 6.39. The molecule has 0 bridgehead atoms. The van der Waals surface area contributed by atoms with Crippen LogP contribution in [0.2, 0.25) is 10.0 Å². The van der Waals surface area contributed by atoms with E-state index in [9.17, 15) is 4.79 Å². The zero-order chi connectivity index (χ0) is 18.0. The van der Waals surface area contributed by atoms with Gasteiger partial charge in [-0.05, 0) is 24.6 Å². The first-order valence-electron chi connectivity index (χ1n) is 8.08. The molecule has 0 aliphatic rings. The van der Waals surface area contributed by atoms with Crippen molar-refractivity contribution in [2.75, 3.05) is 11.9 Å². The highest BCUT2D eigenvalue weighted by Crippen LogP contribution is 2.33. The summed E-state index contributed by atoms with van der Waals surface area (Å²) < 4.78 is 1.50. The molecule has 0 atom stereocenters. The average Bonchev–Trinajstić information content (AvgIpc) is 2.59. The van der Waals surface area contributed by atoms with Gasteiger partial charge in [-0.1, -0.05) is 42.6 Å². The predicted molar refractivity (Wildman–Crippen MR) is 104 cm³/mol. The Balaban J connectivity index is 2.14. The fourth-order valence-corrected chi connectivity index (χ4v) is 3.24. The molecular formula is C18H18Cl2N4O. The van der Waals surface area contributed by atoms with Crippen LogP contribution >= 0.6 is 23.2 Å². The van der Waals surface area contributed by atoms with Gasteiger partial charge in [-0.3, -0.25) is 9.36 Å². The first-order chi connectivity index (χ1) is 12.0. The maximum absolute atomic E-state index is 12.8. The molecule has 0 aliphatic carbocycles. The van der Waals surface area contributed by atoms with Gasteiger partial charge in [-0.2, -0.15) is 4.98 Å². The van der Waals surface area contributed by atoms with Crippen LogP contribution < -0.4 is 10.9 Å². The Morgan fingerprint density at radius 2 is 1.96 bits per heavy atom. The smallest absolute Gasteiger partial charge is 0.259 e. The third kappa shape index (κ3) is 3.48. The summed E-state index contributed by atoms with van der Waals surface area (Å²) in [4.78, 5) is 21.6. The molecule has 0 fully saturated rings. The van der Waals surface area contributed by atoms with Crippen molar-refractivity contribution in [3.8, 4) is 11.1 Å². The molecule has 130 valence electrons. The topological polar surface area (TPSA) is 59.8 Å². The molecule has 0 saturated heterocycles. The summed E-state index contributed by atoms with van der Waals surface area (Å²) in [7, 11) is 1.68. The second kappa shape index (κ2) is 7.42. The fourth-order valence-electron chi connectivity index (χ4n) is 2.64. The van der Waals surface area contributed by atoms with Gasteiger partial charge in [0.2, 0.25) is 5.95 Å². The van der Waals surface area contributed by atoms with Gasteiger partial charge in [0.15, 0.2) is 0 Å². The Hall–Kier alpha value is -2.11. The number of hydrogen-bond donors (Lipinski definition) is 1. The van der Waals surface area contributed by atoms with E-state index in [1.54, 1.807) is 37.5 Å². The Morgan fingerprint density at radius 3 is 2.64 bits per heavy atom. The Labute approximate surface area is 155 Å². The monoisotopic (exact) mass is 376 g/mol. The number of halogens is 2. The number of aryl methyl sites for hydroxylation is 1. The first kappa shape index (κ1) is 17.7. The van der Waals surface area contributed by atoms with Crippen LogP contribution in [0, 0.1) is 0 Å². The highest BCUT2D eigenvalue weighted by atomic mass is 35.5. The van der Waals surface area contributed by atoms with Gasteiger partial charge in [0.1, 0.15) is 5.65 Å². The van der Waals surface area contributed by atoms with E-state index in [2.05, 4.69) is 22.2 Å². The van der Waals surface area contributed by atoms with Crippen LogP contribution in [0.25, 0.3) is 22.2 Å². The number of rotatable bonds is 5. The molecule has 1 aromatic carbocycles. The predicted octanol–water partition coefficient (Wildman–Crippen LogP) is 4.51. The van der Waals surface area contributed by atoms with Gasteiger partial charge in [0.25, 0.3) is 5.56 Å². The third-order valence-corrected chi connectivity index (χ3v) is 4.62. The summed E-state index contributed by atoms with van der Waals surface area (Å²) >= 11 is 12.5. The molecule has 0 unspecified atom stereocenters. The van der Waals surface area contributed by atoms with Crippen molar-refractivity contribution < 1.29 is 0 Å². The molecule has 2 heterocycles. The lowest BCUT2D eigenvalue weighted by Gasteiger charge is -2.12. The van der Waals surface area contributed by atoms with Gasteiger partial charge in [-0.15, -0.1) is 0 Å². The summed E-state index contributed by atoms with van der Waals surface area (Å²) in [5.74, 6) is 0.513. The molecule has 5 nitrogen and oxygen atoms in total. The molecule has 0 aliphatic heterocycles. The number of pyridine rings is 1. The molecule has 0 amide bonds. The van der Waals surface area contributed by atoms with Gasteiger partial charge in [0, 0.05) is 30.7 Å². The quantitative estimate of drug-likeness (QED) is 0.665. The number of nitrogens with one attached hydrogen (secondary N) is 1. The lowest BCUT2D eigenvalue weighted by atomic mass is 10.1.